The Kier molecular flexibility index (Phi) is 2.43. The van der Waals surface area contributed by atoms with Gasteiger partial charge in [-0.15, -0.1) is 0 Å². The van der Waals surface area contributed by atoms with Gasteiger partial charge in [0, 0.05) is 11.5 Å². The van der Waals surface area contributed by atoms with Crippen LogP contribution >= 0.6 is 0 Å². The third-order valence-electron chi connectivity index (χ3n) is 4.50. The zero-order chi connectivity index (χ0) is 15.6. The highest BCUT2D eigenvalue weighted by molar-refractivity contribution is 6.06. The average Bonchev–Trinajstić information content (AvgIpc) is 3.06. The predicted octanol–water partition coefficient (Wildman–Crippen LogP) is 3.89. The second-order valence-corrected chi connectivity index (χ2v) is 6.07. The minimum atomic E-state index is 0.586. The van der Waals surface area contributed by atoms with Gasteiger partial charge in [0.1, 0.15) is 30.1 Å². The molecule has 0 radical (unpaired) electrons. The van der Waals surface area contributed by atoms with Crippen molar-refractivity contribution in [3.05, 3.63) is 41.7 Å². The molecule has 1 aliphatic carbocycles. The van der Waals surface area contributed by atoms with Crippen LogP contribution in [0.15, 0.2) is 34.7 Å². The summed E-state index contributed by atoms with van der Waals surface area (Å²) < 4.78 is 17.5. The van der Waals surface area contributed by atoms with Crippen LogP contribution in [-0.4, -0.2) is 13.2 Å². The summed E-state index contributed by atoms with van der Waals surface area (Å²) in [5.41, 5.74) is 5.29. The van der Waals surface area contributed by atoms with E-state index >= 15 is 0 Å². The highest BCUT2D eigenvalue weighted by Gasteiger charge is 2.26. The van der Waals surface area contributed by atoms with E-state index in [4.69, 9.17) is 13.9 Å². The summed E-state index contributed by atoms with van der Waals surface area (Å²) >= 11 is 0. The van der Waals surface area contributed by atoms with Crippen LogP contribution in [0.4, 0.5) is 0 Å². The van der Waals surface area contributed by atoms with Crippen LogP contribution < -0.4 is 14.5 Å². The lowest BCUT2D eigenvalue weighted by molar-refractivity contribution is -0.327. The molecule has 0 saturated heterocycles. The molecule has 0 bridgehead atoms. The number of aromatic amines is 1. The highest BCUT2D eigenvalue weighted by Crippen LogP contribution is 2.41. The van der Waals surface area contributed by atoms with Gasteiger partial charge in [0.05, 0.1) is 11.5 Å². The van der Waals surface area contributed by atoms with Crippen LogP contribution in [0.25, 0.3) is 33.1 Å². The number of benzene rings is 1. The first-order valence-electron chi connectivity index (χ1n) is 7.79. The molecule has 1 N–H and O–H groups in total. The molecule has 1 aromatic heterocycles. The van der Waals surface area contributed by atoms with E-state index in [2.05, 4.69) is 36.2 Å². The van der Waals surface area contributed by atoms with Crippen molar-refractivity contribution < 1.29 is 18.9 Å². The Hall–Kier alpha value is -2.75. The molecule has 2 aliphatic heterocycles. The van der Waals surface area contributed by atoms with Gasteiger partial charge in [-0.1, -0.05) is 6.07 Å². The summed E-state index contributed by atoms with van der Waals surface area (Å²) in [6.07, 6.45) is 0. The number of ether oxygens (including phenoxy) is 2. The molecule has 0 unspecified atom stereocenters. The number of aromatic nitrogens is 1. The molecule has 4 nitrogen and oxygen atoms in total. The van der Waals surface area contributed by atoms with E-state index in [1.165, 1.54) is 5.56 Å². The minimum absolute atomic E-state index is 0.586. The molecular formula is C19H16NO3+. The Labute approximate surface area is 133 Å². The van der Waals surface area contributed by atoms with Gasteiger partial charge in [-0.3, -0.25) is 0 Å². The van der Waals surface area contributed by atoms with E-state index in [-0.39, 0.29) is 0 Å². The monoisotopic (exact) mass is 306 g/mol. The van der Waals surface area contributed by atoms with E-state index in [0.717, 1.165) is 50.4 Å². The molecular weight excluding hydrogens is 290 g/mol. The Balaban J connectivity index is 1.97. The molecule has 0 saturated carbocycles. The number of hydrogen-bond acceptors (Lipinski definition) is 3. The van der Waals surface area contributed by atoms with E-state index in [0.29, 0.717) is 13.2 Å². The van der Waals surface area contributed by atoms with Crippen molar-refractivity contribution in [2.45, 2.75) is 13.8 Å². The molecule has 0 fully saturated rings. The molecule has 3 heterocycles. The van der Waals surface area contributed by atoms with Crippen molar-refractivity contribution in [2.24, 2.45) is 0 Å². The average molecular weight is 306 g/mol. The maximum Gasteiger partial charge on any atom is 0.216 e. The zero-order valence-corrected chi connectivity index (χ0v) is 13.0. The fourth-order valence-corrected chi connectivity index (χ4v) is 3.41. The van der Waals surface area contributed by atoms with Crippen LogP contribution in [0.2, 0.25) is 0 Å². The molecule has 3 aliphatic rings. The van der Waals surface area contributed by atoms with Gasteiger partial charge in [0.15, 0.2) is 11.5 Å². The molecule has 2 aromatic rings. The SMILES string of the molecule is Cc1cc2c(C)ccc3[nH+]c4cc5c(cc4c-3c2o1)OCCO5. The fourth-order valence-electron chi connectivity index (χ4n) is 3.41. The predicted molar refractivity (Wildman–Crippen MR) is 87.4 cm³/mol. The normalized spacial score (nSPS) is 14.0. The molecule has 5 rings (SSSR count). The quantitative estimate of drug-likeness (QED) is 0.495. The summed E-state index contributed by atoms with van der Waals surface area (Å²) in [6, 6.07) is 10.4. The molecule has 0 spiro atoms. The summed E-state index contributed by atoms with van der Waals surface area (Å²) in [5.74, 6) is 2.51. The summed E-state index contributed by atoms with van der Waals surface area (Å²) in [6.45, 7) is 5.27. The van der Waals surface area contributed by atoms with E-state index in [1.54, 1.807) is 0 Å². The number of hydrogen-bond donors (Lipinski definition) is 0. The van der Waals surface area contributed by atoms with Crippen molar-refractivity contribution in [2.75, 3.05) is 13.2 Å². The third kappa shape index (κ3) is 1.75. The second-order valence-electron chi connectivity index (χ2n) is 6.07. The first kappa shape index (κ1) is 12.8. The topological polar surface area (TPSA) is 45.7 Å². The van der Waals surface area contributed by atoms with Gasteiger partial charge >= 0.3 is 0 Å². The van der Waals surface area contributed by atoms with Crippen molar-refractivity contribution >= 4 is 21.9 Å². The van der Waals surface area contributed by atoms with Gasteiger partial charge < -0.3 is 13.9 Å². The van der Waals surface area contributed by atoms with E-state index in [1.807, 2.05) is 13.0 Å². The smallest absolute Gasteiger partial charge is 0.216 e. The molecule has 1 aromatic carbocycles. The second kappa shape index (κ2) is 4.38. The lowest BCUT2D eigenvalue weighted by atomic mass is 10.1. The van der Waals surface area contributed by atoms with Gasteiger partial charge in [0.2, 0.25) is 11.2 Å². The van der Waals surface area contributed by atoms with Crippen molar-refractivity contribution in [3.8, 4) is 22.8 Å². The Morgan fingerprint density at radius 2 is 1.70 bits per heavy atom. The Bertz CT molecular complexity index is 1050. The van der Waals surface area contributed by atoms with E-state index < -0.39 is 0 Å². The maximum absolute atomic E-state index is 6.04. The van der Waals surface area contributed by atoms with Gasteiger partial charge in [-0.05, 0) is 31.5 Å². The van der Waals surface area contributed by atoms with Crippen molar-refractivity contribution in [1.29, 1.82) is 0 Å². The standard InChI is InChI=1S/C19H15NO3/c1-10-3-4-14-18(19-12(10)7-11(2)23-19)13-8-16-17(9-15(13)20-14)22-6-5-21-16/h3-4,7-9H,5-6H2,1-2H3/p+1. The zero-order valence-electron chi connectivity index (χ0n) is 13.0. The summed E-state index contributed by atoms with van der Waals surface area (Å²) in [7, 11) is 0. The number of H-pyrrole nitrogens is 1. The Morgan fingerprint density at radius 1 is 0.913 bits per heavy atom. The number of rotatable bonds is 0. The fraction of sp³-hybridized carbons (Fsp3) is 0.211. The molecule has 114 valence electrons. The molecule has 23 heavy (non-hydrogen) atoms. The van der Waals surface area contributed by atoms with Crippen molar-refractivity contribution in [1.82, 2.24) is 0 Å². The first-order chi connectivity index (χ1) is 11.2. The van der Waals surface area contributed by atoms with Gasteiger partial charge in [-0.25, -0.2) is 4.98 Å². The van der Waals surface area contributed by atoms with Crippen LogP contribution in [-0.2, 0) is 0 Å². The number of nitrogens with one attached hydrogen (secondary N) is 1. The van der Waals surface area contributed by atoms with Gasteiger partial charge in [0.25, 0.3) is 0 Å². The van der Waals surface area contributed by atoms with E-state index in [9.17, 15) is 0 Å². The largest absolute Gasteiger partial charge is 0.486 e. The lowest BCUT2D eigenvalue weighted by Gasteiger charge is -2.17. The third-order valence-corrected chi connectivity index (χ3v) is 4.50. The van der Waals surface area contributed by atoms with Crippen LogP contribution in [0.3, 0.4) is 0 Å². The highest BCUT2D eigenvalue weighted by atomic mass is 16.6. The summed E-state index contributed by atoms with van der Waals surface area (Å²) in [5, 5.41) is 2.24. The van der Waals surface area contributed by atoms with Crippen LogP contribution in [0.5, 0.6) is 11.5 Å². The molecule has 4 heteroatoms. The minimum Gasteiger partial charge on any atom is -0.486 e. The molecule has 0 atom stereocenters. The Morgan fingerprint density at radius 3 is 2.52 bits per heavy atom. The van der Waals surface area contributed by atoms with Crippen LogP contribution in [0.1, 0.15) is 11.3 Å². The maximum atomic E-state index is 6.04. The first-order valence-corrected chi connectivity index (χ1v) is 7.79. The molecule has 0 amide bonds. The summed E-state index contributed by atoms with van der Waals surface area (Å²) in [4.78, 5) is 3.48. The number of aryl methyl sites for hydroxylation is 2. The number of fused-ring (bicyclic) bond motifs is 6. The lowest BCUT2D eigenvalue weighted by Crippen LogP contribution is -2.15. The number of furan rings is 1. The van der Waals surface area contributed by atoms with Crippen molar-refractivity contribution in [3.63, 3.8) is 0 Å². The van der Waals surface area contributed by atoms with Crippen LogP contribution in [0, 0.1) is 13.8 Å². The van der Waals surface area contributed by atoms with Gasteiger partial charge in [-0.2, -0.15) is 0 Å².